The monoisotopic (exact) mass is 603 g/mol. The van der Waals surface area contributed by atoms with Crippen molar-refractivity contribution in [1.82, 2.24) is 5.43 Å². The third-order valence-electron chi connectivity index (χ3n) is 4.96. The van der Waals surface area contributed by atoms with Crippen molar-refractivity contribution >= 4 is 46.3 Å². The summed E-state index contributed by atoms with van der Waals surface area (Å²) < 4.78 is 22.3. The van der Waals surface area contributed by atoms with Crippen LogP contribution in [-0.4, -0.2) is 46.0 Å². The number of hydrogen-bond donors (Lipinski definition) is 2. The van der Waals surface area contributed by atoms with Gasteiger partial charge in [-0.25, -0.2) is 5.43 Å². The van der Waals surface area contributed by atoms with Gasteiger partial charge in [0.15, 0.2) is 29.6 Å². The van der Waals surface area contributed by atoms with Crippen LogP contribution in [0.3, 0.4) is 0 Å². The molecule has 0 heterocycles. The van der Waals surface area contributed by atoms with Gasteiger partial charge in [0, 0.05) is 11.3 Å². The number of rotatable bonds is 10. The van der Waals surface area contributed by atoms with Crippen molar-refractivity contribution in [3.05, 3.63) is 74.9 Å². The molecule has 36 heavy (non-hydrogen) atoms. The van der Waals surface area contributed by atoms with Crippen LogP contribution in [0.15, 0.2) is 59.7 Å². The molecule has 0 aromatic heterocycles. The number of anilines is 1. The molecule has 0 aliphatic heterocycles. The number of methoxy groups -OCH3 is 3. The zero-order valence-corrected chi connectivity index (χ0v) is 22.4. The molecular weight excluding hydrogens is 577 g/mol. The number of amides is 2. The molecule has 0 bridgehead atoms. The number of carbonyl (C=O) groups is 2. The highest BCUT2D eigenvalue weighted by molar-refractivity contribution is 14.1. The van der Waals surface area contributed by atoms with Crippen molar-refractivity contribution in [1.29, 1.82) is 0 Å². The van der Waals surface area contributed by atoms with E-state index < -0.39 is 5.91 Å². The number of ether oxygens (including phenoxy) is 4. The van der Waals surface area contributed by atoms with Crippen LogP contribution < -0.4 is 29.7 Å². The van der Waals surface area contributed by atoms with E-state index in [1.807, 2.05) is 31.2 Å². The zero-order valence-electron chi connectivity index (χ0n) is 20.3. The lowest BCUT2D eigenvalue weighted by atomic mass is 10.2. The van der Waals surface area contributed by atoms with Crippen molar-refractivity contribution in [3.63, 3.8) is 0 Å². The van der Waals surface area contributed by atoms with E-state index in [1.54, 1.807) is 30.3 Å². The predicted octanol–water partition coefficient (Wildman–Crippen LogP) is 4.41. The van der Waals surface area contributed by atoms with Gasteiger partial charge in [-0.05, 0) is 77.5 Å². The van der Waals surface area contributed by atoms with Crippen molar-refractivity contribution < 1.29 is 28.5 Å². The van der Waals surface area contributed by atoms with Gasteiger partial charge < -0.3 is 24.3 Å². The van der Waals surface area contributed by atoms with Crippen LogP contribution in [0.2, 0.25) is 0 Å². The van der Waals surface area contributed by atoms with E-state index in [9.17, 15) is 9.59 Å². The Kier molecular flexibility index (Phi) is 9.51. The van der Waals surface area contributed by atoms with Crippen LogP contribution in [0.4, 0.5) is 5.69 Å². The Bertz CT molecular complexity index is 1260. The van der Waals surface area contributed by atoms with Crippen LogP contribution >= 0.6 is 22.6 Å². The van der Waals surface area contributed by atoms with Gasteiger partial charge in [0.05, 0.1) is 31.1 Å². The maximum absolute atomic E-state index is 12.4. The molecule has 2 amide bonds. The van der Waals surface area contributed by atoms with Crippen molar-refractivity contribution in [2.45, 2.75) is 6.92 Å². The number of carbonyl (C=O) groups excluding carboxylic acids is 2. The molecule has 0 aliphatic carbocycles. The fourth-order valence-electron chi connectivity index (χ4n) is 3.13. The summed E-state index contributed by atoms with van der Waals surface area (Å²) in [7, 11) is 4.52. The lowest BCUT2D eigenvalue weighted by Gasteiger charge is -2.13. The smallest absolute Gasteiger partial charge is 0.271 e. The third-order valence-corrected chi connectivity index (χ3v) is 5.76. The van der Waals surface area contributed by atoms with Crippen LogP contribution in [0.25, 0.3) is 0 Å². The summed E-state index contributed by atoms with van der Waals surface area (Å²) in [5.41, 5.74) is 5.31. The minimum atomic E-state index is -0.409. The number of nitrogens with one attached hydrogen (secondary N) is 2. The molecule has 0 aliphatic rings. The standard InChI is InChI=1S/C26H26IN3O6/c1-16-5-8-19(9-6-16)29-24(31)15-36-25-20(27)11-17(12-23(25)35-4)14-28-30-26(32)18-7-10-21(33-2)22(13-18)34-3/h5-14H,15H2,1-4H3,(H,29,31)(H,30,32)/b28-14+. The van der Waals surface area contributed by atoms with Gasteiger partial charge in [-0.2, -0.15) is 5.10 Å². The fraction of sp³-hybridized carbons (Fsp3) is 0.192. The maximum atomic E-state index is 12.4. The van der Waals surface area contributed by atoms with E-state index in [4.69, 9.17) is 18.9 Å². The van der Waals surface area contributed by atoms with E-state index >= 15 is 0 Å². The minimum absolute atomic E-state index is 0.185. The number of benzene rings is 3. The maximum Gasteiger partial charge on any atom is 0.271 e. The van der Waals surface area contributed by atoms with E-state index in [0.29, 0.717) is 43.4 Å². The Morgan fingerprint density at radius 2 is 1.61 bits per heavy atom. The Labute approximate surface area is 222 Å². The first-order valence-corrected chi connectivity index (χ1v) is 11.8. The lowest BCUT2D eigenvalue weighted by Crippen LogP contribution is -2.20. The summed E-state index contributed by atoms with van der Waals surface area (Å²) in [6.45, 7) is 1.79. The quantitative estimate of drug-likeness (QED) is 0.202. The van der Waals surface area contributed by atoms with Gasteiger partial charge in [-0.1, -0.05) is 17.7 Å². The molecule has 0 atom stereocenters. The molecule has 3 rings (SSSR count). The first kappa shape index (κ1) is 26.8. The summed E-state index contributed by atoms with van der Waals surface area (Å²) in [4.78, 5) is 24.7. The topological polar surface area (TPSA) is 107 Å². The summed E-state index contributed by atoms with van der Waals surface area (Å²) in [6.07, 6.45) is 1.48. The molecular formula is C26H26IN3O6. The average Bonchev–Trinajstić information content (AvgIpc) is 2.88. The molecule has 0 fully saturated rings. The van der Waals surface area contributed by atoms with Crippen LogP contribution in [0.1, 0.15) is 21.5 Å². The molecule has 10 heteroatoms. The molecule has 2 N–H and O–H groups in total. The van der Waals surface area contributed by atoms with E-state index in [1.165, 1.54) is 27.5 Å². The van der Waals surface area contributed by atoms with Crippen LogP contribution in [0, 0.1) is 10.5 Å². The fourth-order valence-corrected chi connectivity index (χ4v) is 3.91. The molecule has 3 aromatic rings. The van der Waals surface area contributed by atoms with Crippen molar-refractivity contribution in [3.8, 4) is 23.0 Å². The zero-order chi connectivity index (χ0) is 26.1. The second-order valence-corrected chi connectivity index (χ2v) is 8.67. The molecule has 3 aromatic carbocycles. The van der Waals surface area contributed by atoms with Gasteiger partial charge in [-0.15, -0.1) is 0 Å². The summed E-state index contributed by atoms with van der Waals surface area (Å²) in [5, 5.41) is 6.82. The van der Waals surface area contributed by atoms with Gasteiger partial charge in [0.25, 0.3) is 11.8 Å². The lowest BCUT2D eigenvalue weighted by molar-refractivity contribution is -0.118. The highest BCUT2D eigenvalue weighted by Gasteiger charge is 2.14. The second-order valence-electron chi connectivity index (χ2n) is 7.51. The minimum Gasteiger partial charge on any atom is -0.493 e. The largest absolute Gasteiger partial charge is 0.493 e. The molecule has 0 radical (unpaired) electrons. The van der Waals surface area contributed by atoms with Gasteiger partial charge in [0.2, 0.25) is 0 Å². The van der Waals surface area contributed by atoms with E-state index in [2.05, 4.69) is 38.4 Å². The average molecular weight is 603 g/mol. The normalized spacial score (nSPS) is 10.6. The number of nitrogens with zero attached hydrogens (tertiary/aromatic N) is 1. The Balaban J connectivity index is 1.63. The predicted molar refractivity (Wildman–Crippen MR) is 146 cm³/mol. The molecule has 0 saturated heterocycles. The Morgan fingerprint density at radius 1 is 0.917 bits per heavy atom. The molecule has 9 nitrogen and oxygen atoms in total. The number of aryl methyl sites for hydroxylation is 1. The van der Waals surface area contributed by atoms with Gasteiger partial charge in [-0.3, -0.25) is 9.59 Å². The van der Waals surface area contributed by atoms with E-state index in [0.717, 1.165) is 5.56 Å². The molecule has 0 saturated carbocycles. The molecule has 188 valence electrons. The summed E-state index contributed by atoms with van der Waals surface area (Å²) in [5.74, 6) is 1.13. The second kappa shape index (κ2) is 12.8. The van der Waals surface area contributed by atoms with Gasteiger partial charge >= 0.3 is 0 Å². The highest BCUT2D eigenvalue weighted by atomic mass is 127. The number of hydrogen-bond acceptors (Lipinski definition) is 7. The SMILES string of the molecule is COc1ccc(C(=O)N/N=C/c2cc(I)c(OCC(=O)Nc3ccc(C)cc3)c(OC)c2)cc1OC. The number of hydrazone groups is 1. The summed E-state index contributed by atoms with van der Waals surface area (Å²) >= 11 is 2.09. The van der Waals surface area contributed by atoms with Gasteiger partial charge in [0.1, 0.15) is 0 Å². The van der Waals surface area contributed by atoms with E-state index in [-0.39, 0.29) is 12.5 Å². The number of halogens is 1. The van der Waals surface area contributed by atoms with Crippen molar-refractivity contribution in [2.75, 3.05) is 33.3 Å². The molecule has 0 spiro atoms. The first-order chi connectivity index (χ1) is 17.3. The Morgan fingerprint density at radius 3 is 2.28 bits per heavy atom. The van der Waals surface area contributed by atoms with Crippen molar-refractivity contribution in [2.24, 2.45) is 5.10 Å². The first-order valence-electron chi connectivity index (χ1n) is 10.8. The van der Waals surface area contributed by atoms with Crippen LogP contribution in [0.5, 0.6) is 23.0 Å². The Hall–Kier alpha value is -3.80. The third kappa shape index (κ3) is 7.11. The summed E-state index contributed by atoms with van der Waals surface area (Å²) in [6, 6.07) is 15.8. The highest BCUT2D eigenvalue weighted by Crippen LogP contribution is 2.33. The molecule has 0 unspecified atom stereocenters. The van der Waals surface area contributed by atoms with Crippen LogP contribution in [-0.2, 0) is 4.79 Å².